The normalized spacial score (nSPS) is 12.2. The van der Waals surface area contributed by atoms with Gasteiger partial charge in [0.05, 0.1) is 13.0 Å². The summed E-state index contributed by atoms with van der Waals surface area (Å²) in [6.07, 6.45) is 3.31. The van der Waals surface area contributed by atoms with Gasteiger partial charge in [-0.05, 0) is 43.0 Å². The fourth-order valence-corrected chi connectivity index (χ4v) is 5.52. The molecule has 2 N–H and O–H groups in total. The van der Waals surface area contributed by atoms with Crippen molar-refractivity contribution in [2.45, 2.75) is 37.6 Å². The molecule has 3 aromatic rings. The average molecular weight is 563 g/mol. The molecule has 0 saturated heterocycles. The minimum absolute atomic E-state index is 0.0127. The third kappa shape index (κ3) is 8.56. The second-order valence-electron chi connectivity index (χ2n) is 8.33. The Bertz CT molecular complexity index is 1360. The van der Waals surface area contributed by atoms with Crippen molar-refractivity contribution in [2.24, 2.45) is 0 Å². The third-order valence-electron chi connectivity index (χ3n) is 5.58. The lowest BCUT2D eigenvalue weighted by Gasteiger charge is -2.22. The highest BCUT2D eigenvalue weighted by atomic mass is 32.2. The number of aromatic nitrogens is 1. The molecule has 0 aliphatic carbocycles. The summed E-state index contributed by atoms with van der Waals surface area (Å²) in [7, 11) is -3.86. The van der Waals surface area contributed by atoms with E-state index in [1.54, 1.807) is 42.3 Å². The van der Waals surface area contributed by atoms with Gasteiger partial charge in [-0.15, -0.1) is 11.3 Å². The molecule has 0 bridgehead atoms. The molecule has 2 aromatic carbocycles. The summed E-state index contributed by atoms with van der Waals surface area (Å²) in [5, 5.41) is 0.536. The van der Waals surface area contributed by atoms with Crippen LogP contribution in [0.4, 0.5) is 0 Å². The summed E-state index contributed by atoms with van der Waals surface area (Å²) in [5.74, 6) is -0.931. The number of thiazole rings is 1. The molecule has 1 unspecified atom stereocenters. The van der Waals surface area contributed by atoms with Gasteiger partial charge in [-0.3, -0.25) is 13.8 Å². The topological polar surface area (TPSA) is 126 Å². The maximum Gasteiger partial charge on any atom is 0.301 e. The smallest absolute Gasteiger partial charge is 0.301 e. The van der Waals surface area contributed by atoms with Gasteiger partial charge in [0.25, 0.3) is 5.91 Å². The van der Waals surface area contributed by atoms with E-state index in [1.807, 2.05) is 39.8 Å². The Morgan fingerprint density at radius 3 is 2.35 bits per heavy atom. The summed E-state index contributed by atoms with van der Waals surface area (Å²) in [4.78, 5) is 33.0. The molecule has 3 rings (SSSR count). The zero-order valence-corrected chi connectivity index (χ0v) is 23.3. The van der Waals surface area contributed by atoms with E-state index in [4.69, 9.17) is 0 Å². The molecule has 0 radical (unpaired) electrons. The van der Waals surface area contributed by atoms with Crippen LogP contribution in [0.25, 0.3) is 0 Å². The molecule has 1 aromatic heterocycles. The highest BCUT2D eigenvalue weighted by molar-refractivity contribution is 7.88. The minimum atomic E-state index is -3.96. The van der Waals surface area contributed by atoms with Gasteiger partial charge >= 0.3 is 10.2 Å². The van der Waals surface area contributed by atoms with Crippen LogP contribution in [0.15, 0.2) is 59.5 Å². The molecule has 0 aliphatic rings. The summed E-state index contributed by atoms with van der Waals surface area (Å²) in [6.45, 7) is 2.37. The molecule has 0 spiro atoms. The van der Waals surface area contributed by atoms with Crippen LogP contribution in [-0.4, -0.2) is 54.2 Å². The number of benzene rings is 2. The SMILES string of the molecule is CNS(=O)(=O)NC(=O)c1nc(CN(CCCc2ccccc2)C(=O)Cc2ccc(S(C)=O)cc2)sc1C. The minimum Gasteiger partial charge on any atom is -0.336 e. The Balaban J connectivity index is 1.75. The molecule has 198 valence electrons. The van der Waals surface area contributed by atoms with Crippen molar-refractivity contribution >= 4 is 44.2 Å². The van der Waals surface area contributed by atoms with Crippen molar-refractivity contribution in [1.29, 1.82) is 0 Å². The molecule has 37 heavy (non-hydrogen) atoms. The van der Waals surface area contributed by atoms with Crippen LogP contribution in [0.1, 0.15) is 37.9 Å². The van der Waals surface area contributed by atoms with E-state index in [2.05, 4.69) is 4.98 Å². The van der Waals surface area contributed by atoms with Gasteiger partial charge in [-0.2, -0.15) is 8.42 Å². The van der Waals surface area contributed by atoms with E-state index in [0.29, 0.717) is 21.3 Å². The quantitative estimate of drug-likeness (QED) is 0.350. The van der Waals surface area contributed by atoms with Crippen LogP contribution >= 0.6 is 11.3 Å². The van der Waals surface area contributed by atoms with Gasteiger partial charge in [0.2, 0.25) is 5.91 Å². The molecule has 0 saturated carbocycles. The van der Waals surface area contributed by atoms with Gasteiger partial charge in [-0.25, -0.2) is 14.4 Å². The molecule has 9 nitrogen and oxygen atoms in total. The predicted octanol–water partition coefficient (Wildman–Crippen LogP) is 2.59. The van der Waals surface area contributed by atoms with E-state index in [-0.39, 0.29) is 24.6 Å². The largest absolute Gasteiger partial charge is 0.336 e. The Kier molecular flexibility index (Phi) is 10.1. The van der Waals surface area contributed by atoms with Crippen molar-refractivity contribution in [3.63, 3.8) is 0 Å². The van der Waals surface area contributed by atoms with E-state index in [9.17, 15) is 22.2 Å². The van der Waals surface area contributed by atoms with Crippen LogP contribution in [0.5, 0.6) is 0 Å². The molecule has 2 amide bonds. The van der Waals surface area contributed by atoms with Gasteiger partial charge in [-0.1, -0.05) is 42.5 Å². The second kappa shape index (κ2) is 13.0. The summed E-state index contributed by atoms with van der Waals surface area (Å²) in [6, 6.07) is 17.1. The number of rotatable bonds is 12. The Morgan fingerprint density at radius 2 is 1.73 bits per heavy atom. The molecule has 1 heterocycles. The average Bonchev–Trinajstić information content (AvgIpc) is 3.24. The van der Waals surface area contributed by atoms with Crippen LogP contribution in [0.2, 0.25) is 0 Å². The first-order valence-corrected chi connectivity index (χ1v) is 15.4. The number of amides is 2. The van der Waals surface area contributed by atoms with Crippen molar-refractivity contribution in [1.82, 2.24) is 19.3 Å². The maximum absolute atomic E-state index is 13.3. The van der Waals surface area contributed by atoms with Crippen molar-refractivity contribution in [3.05, 3.63) is 81.3 Å². The van der Waals surface area contributed by atoms with Crippen molar-refractivity contribution < 1.29 is 22.2 Å². The molecular formula is C25H30N4O5S3. The Hall–Kier alpha value is -2.93. The number of nitrogens with zero attached hydrogens (tertiary/aromatic N) is 2. The Morgan fingerprint density at radius 1 is 1.05 bits per heavy atom. The lowest BCUT2D eigenvalue weighted by atomic mass is 10.1. The van der Waals surface area contributed by atoms with Gasteiger partial charge < -0.3 is 4.90 Å². The van der Waals surface area contributed by atoms with Gasteiger partial charge in [0, 0.05) is 40.4 Å². The first-order chi connectivity index (χ1) is 17.6. The number of hydrogen-bond donors (Lipinski definition) is 2. The van der Waals surface area contributed by atoms with E-state index < -0.39 is 26.9 Å². The number of carbonyl (C=O) groups is 2. The zero-order chi connectivity index (χ0) is 27.0. The van der Waals surface area contributed by atoms with Gasteiger partial charge in [0.1, 0.15) is 10.7 Å². The highest BCUT2D eigenvalue weighted by Crippen LogP contribution is 2.20. The van der Waals surface area contributed by atoms with Gasteiger partial charge in [0.15, 0.2) is 0 Å². The first kappa shape index (κ1) is 28.6. The Labute approximate surface area is 224 Å². The molecule has 1 atom stereocenters. The number of nitrogens with one attached hydrogen (secondary N) is 2. The standard InChI is InChI=1S/C25H30N4O5S3/c1-18-24(25(31)28-37(33,34)26-2)27-22(35-18)17-29(15-7-10-19-8-5-4-6-9-19)23(30)16-20-11-13-21(14-12-20)36(3)32/h4-6,8-9,11-14,26H,7,10,15-17H2,1-3H3,(H,28,31). The maximum atomic E-state index is 13.3. The number of aryl methyl sites for hydroxylation is 2. The first-order valence-electron chi connectivity index (χ1n) is 11.5. The summed E-state index contributed by atoms with van der Waals surface area (Å²) < 4.78 is 39.0. The van der Waals surface area contributed by atoms with Crippen molar-refractivity contribution in [3.8, 4) is 0 Å². The van der Waals surface area contributed by atoms with Crippen LogP contribution in [0, 0.1) is 6.92 Å². The van der Waals surface area contributed by atoms with E-state index in [1.165, 1.54) is 23.9 Å². The number of carbonyl (C=O) groups excluding carboxylic acids is 2. The number of hydrogen-bond acceptors (Lipinski definition) is 7. The predicted molar refractivity (Wildman–Crippen MR) is 145 cm³/mol. The summed E-state index contributed by atoms with van der Waals surface area (Å²) in [5.41, 5.74) is 1.99. The monoisotopic (exact) mass is 562 g/mol. The lowest BCUT2D eigenvalue weighted by Crippen LogP contribution is -2.38. The highest BCUT2D eigenvalue weighted by Gasteiger charge is 2.22. The van der Waals surface area contributed by atoms with E-state index in [0.717, 1.165) is 18.4 Å². The van der Waals surface area contributed by atoms with E-state index >= 15 is 0 Å². The molecule has 12 heteroatoms. The van der Waals surface area contributed by atoms with Crippen LogP contribution in [-0.2, 0) is 45.2 Å². The summed E-state index contributed by atoms with van der Waals surface area (Å²) >= 11 is 1.25. The zero-order valence-electron chi connectivity index (χ0n) is 20.9. The fourth-order valence-electron chi connectivity index (χ4n) is 3.61. The fraction of sp³-hybridized carbons (Fsp3) is 0.320. The molecular weight excluding hydrogens is 532 g/mol. The molecule has 0 fully saturated rings. The van der Waals surface area contributed by atoms with Crippen molar-refractivity contribution in [2.75, 3.05) is 19.8 Å². The third-order valence-corrected chi connectivity index (χ3v) is 8.46. The second-order valence-corrected chi connectivity index (χ2v) is 12.6. The molecule has 0 aliphatic heterocycles. The van der Waals surface area contributed by atoms with Crippen LogP contribution in [0.3, 0.4) is 0 Å². The van der Waals surface area contributed by atoms with Crippen LogP contribution < -0.4 is 9.44 Å². The lowest BCUT2D eigenvalue weighted by molar-refractivity contribution is -0.131.